The minimum absolute atomic E-state index is 0.0936. The van der Waals surface area contributed by atoms with Crippen LogP contribution >= 0.6 is 11.6 Å². The van der Waals surface area contributed by atoms with Crippen LogP contribution in [0.4, 0.5) is 17.5 Å². The summed E-state index contributed by atoms with van der Waals surface area (Å²) in [7, 11) is 1.65. The summed E-state index contributed by atoms with van der Waals surface area (Å²) in [5.74, 6) is -0.233. The third-order valence-electron chi connectivity index (χ3n) is 6.10. The van der Waals surface area contributed by atoms with Crippen LogP contribution in [-0.4, -0.2) is 51.1 Å². The van der Waals surface area contributed by atoms with Gasteiger partial charge in [-0.15, -0.1) is 0 Å². The van der Waals surface area contributed by atoms with E-state index in [1.54, 1.807) is 32.2 Å². The highest BCUT2D eigenvalue weighted by molar-refractivity contribution is 6.32. The molecule has 0 unspecified atom stereocenters. The fourth-order valence-corrected chi connectivity index (χ4v) is 4.09. The van der Waals surface area contributed by atoms with E-state index in [-0.39, 0.29) is 29.6 Å². The molecule has 1 aromatic carbocycles. The van der Waals surface area contributed by atoms with Gasteiger partial charge >= 0.3 is 5.97 Å². The second-order valence-electron chi connectivity index (χ2n) is 8.42. The molecule has 0 amide bonds. The van der Waals surface area contributed by atoms with Crippen LogP contribution in [-0.2, 0) is 16.6 Å². The smallest absolute Gasteiger partial charge is 0.306 e. The zero-order valence-corrected chi connectivity index (χ0v) is 20.2. The van der Waals surface area contributed by atoms with E-state index in [9.17, 15) is 19.5 Å². The Labute approximate surface area is 206 Å². The second-order valence-corrected chi connectivity index (χ2v) is 8.83. The maximum atomic E-state index is 12.6. The summed E-state index contributed by atoms with van der Waals surface area (Å²) in [6.07, 6.45) is 2.90. The molecule has 3 heterocycles. The van der Waals surface area contributed by atoms with Crippen LogP contribution in [0.1, 0.15) is 26.2 Å². The lowest BCUT2D eigenvalue weighted by Gasteiger charge is -2.30. The molecule has 0 aliphatic carbocycles. The molecule has 0 radical (unpaired) electrons. The molecule has 1 aliphatic heterocycles. The summed E-state index contributed by atoms with van der Waals surface area (Å²) in [6, 6.07) is 7.05. The van der Waals surface area contributed by atoms with Gasteiger partial charge in [-0.1, -0.05) is 18.5 Å². The Morgan fingerprint density at radius 3 is 2.69 bits per heavy atom. The first-order chi connectivity index (χ1) is 16.8. The van der Waals surface area contributed by atoms with E-state index in [2.05, 4.69) is 15.3 Å². The Kier molecular flexibility index (Phi) is 7.20. The van der Waals surface area contributed by atoms with Gasteiger partial charge in [-0.05, 0) is 37.1 Å². The summed E-state index contributed by atoms with van der Waals surface area (Å²) in [6.45, 7) is 2.68. The zero-order chi connectivity index (χ0) is 25.1. The summed E-state index contributed by atoms with van der Waals surface area (Å²) in [5, 5.41) is 13.5. The van der Waals surface area contributed by atoms with E-state index < -0.39 is 5.97 Å². The average molecular weight is 500 g/mol. The van der Waals surface area contributed by atoms with Crippen molar-refractivity contribution in [2.45, 2.75) is 26.2 Å². The SMILES string of the molecule is CCC(=O)COc1cc2cc(Nc3nc(N4CCC(C(=O)O)CC4)ncc3Cl)ccc2n(C)c1=O. The standard InChI is InChI=1S/C24H26ClN5O5/c1-3-17(31)13-35-20-11-15-10-16(4-5-19(15)29(2)22(20)32)27-21-18(25)12-26-24(28-21)30-8-6-14(7-9-30)23(33)34/h4-5,10-12,14H,3,6-9,13H2,1-2H3,(H,33,34)(H,26,27,28). The number of carboxylic acid groups (broad SMARTS) is 1. The fraction of sp³-hybridized carbons (Fsp3) is 0.375. The van der Waals surface area contributed by atoms with Crippen molar-refractivity contribution < 1.29 is 19.4 Å². The predicted molar refractivity (Wildman–Crippen MR) is 133 cm³/mol. The Hall–Kier alpha value is -3.66. The lowest BCUT2D eigenvalue weighted by atomic mass is 9.97. The molecule has 0 atom stereocenters. The highest BCUT2D eigenvalue weighted by atomic mass is 35.5. The number of hydrogen-bond acceptors (Lipinski definition) is 8. The summed E-state index contributed by atoms with van der Waals surface area (Å²) in [4.78, 5) is 46.2. The van der Waals surface area contributed by atoms with Crippen LogP contribution in [0.25, 0.3) is 10.9 Å². The van der Waals surface area contributed by atoms with Crippen molar-refractivity contribution >= 4 is 51.7 Å². The minimum atomic E-state index is -0.775. The number of aryl methyl sites for hydroxylation is 1. The Balaban J connectivity index is 1.58. The largest absolute Gasteiger partial charge is 0.481 e. The molecular formula is C24H26ClN5O5. The van der Waals surface area contributed by atoms with E-state index in [0.29, 0.717) is 60.3 Å². The van der Waals surface area contributed by atoms with Crippen LogP contribution in [0.15, 0.2) is 35.3 Å². The van der Waals surface area contributed by atoms with E-state index >= 15 is 0 Å². The normalized spacial score (nSPS) is 14.2. The number of carboxylic acids is 1. The van der Waals surface area contributed by atoms with E-state index in [0.717, 1.165) is 5.39 Å². The Bertz CT molecular complexity index is 1330. The van der Waals surface area contributed by atoms with E-state index in [1.807, 2.05) is 11.0 Å². The van der Waals surface area contributed by atoms with Gasteiger partial charge in [0.25, 0.3) is 5.56 Å². The lowest BCUT2D eigenvalue weighted by molar-refractivity contribution is -0.142. The minimum Gasteiger partial charge on any atom is -0.481 e. The first-order valence-corrected chi connectivity index (χ1v) is 11.7. The number of pyridine rings is 1. The number of Topliss-reactive ketones (excluding diaryl/α,β-unsaturated/α-hetero) is 1. The molecule has 11 heteroatoms. The fourth-order valence-electron chi connectivity index (χ4n) is 3.96. The van der Waals surface area contributed by atoms with Gasteiger partial charge in [0.2, 0.25) is 5.95 Å². The maximum absolute atomic E-state index is 12.6. The van der Waals surface area contributed by atoms with Gasteiger partial charge in [0.1, 0.15) is 11.6 Å². The van der Waals surface area contributed by atoms with Gasteiger partial charge in [-0.3, -0.25) is 14.4 Å². The van der Waals surface area contributed by atoms with Gasteiger partial charge in [-0.25, -0.2) is 4.98 Å². The number of nitrogens with zero attached hydrogens (tertiary/aromatic N) is 4. The molecule has 184 valence electrons. The van der Waals surface area contributed by atoms with Gasteiger partial charge in [-0.2, -0.15) is 4.98 Å². The number of aromatic nitrogens is 3. The molecule has 2 N–H and O–H groups in total. The summed E-state index contributed by atoms with van der Waals surface area (Å²) >= 11 is 6.34. The van der Waals surface area contributed by atoms with Crippen LogP contribution in [0, 0.1) is 5.92 Å². The zero-order valence-electron chi connectivity index (χ0n) is 19.5. The maximum Gasteiger partial charge on any atom is 0.306 e. The van der Waals surface area contributed by atoms with E-state index in [4.69, 9.17) is 16.3 Å². The number of nitrogens with one attached hydrogen (secondary N) is 1. The molecule has 1 saturated heterocycles. The number of halogens is 1. The molecule has 0 bridgehead atoms. The molecule has 4 rings (SSSR count). The summed E-state index contributed by atoms with van der Waals surface area (Å²) in [5.41, 5.74) is 1.06. The Morgan fingerprint density at radius 2 is 2.00 bits per heavy atom. The number of aliphatic carboxylic acids is 1. The lowest BCUT2D eigenvalue weighted by Crippen LogP contribution is -2.37. The molecule has 10 nitrogen and oxygen atoms in total. The molecule has 0 saturated carbocycles. The van der Waals surface area contributed by atoms with Crippen molar-refractivity contribution in [1.82, 2.24) is 14.5 Å². The summed E-state index contributed by atoms with van der Waals surface area (Å²) < 4.78 is 6.95. The first kappa shape index (κ1) is 24.5. The number of anilines is 3. The van der Waals surface area contributed by atoms with Crippen LogP contribution in [0.5, 0.6) is 5.75 Å². The predicted octanol–water partition coefficient (Wildman–Crippen LogP) is 3.38. The van der Waals surface area contributed by atoms with Gasteiger partial charge < -0.3 is 24.6 Å². The van der Waals surface area contributed by atoms with E-state index in [1.165, 1.54) is 10.8 Å². The molecule has 2 aromatic heterocycles. The first-order valence-electron chi connectivity index (χ1n) is 11.3. The number of fused-ring (bicyclic) bond motifs is 1. The molecular weight excluding hydrogens is 474 g/mol. The third-order valence-corrected chi connectivity index (χ3v) is 6.37. The molecule has 3 aromatic rings. The van der Waals surface area contributed by atoms with Crippen molar-refractivity contribution in [1.29, 1.82) is 0 Å². The van der Waals surface area contributed by atoms with Crippen molar-refractivity contribution in [3.8, 4) is 5.75 Å². The van der Waals surface area contributed by atoms with Crippen molar-refractivity contribution in [2.75, 3.05) is 29.9 Å². The number of carbonyl (C=O) groups is 2. The number of carbonyl (C=O) groups excluding carboxylic acids is 1. The van der Waals surface area contributed by atoms with Crippen molar-refractivity contribution in [3.05, 3.63) is 45.8 Å². The van der Waals surface area contributed by atoms with Crippen molar-refractivity contribution in [3.63, 3.8) is 0 Å². The highest BCUT2D eigenvalue weighted by Gasteiger charge is 2.26. The molecule has 1 fully saturated rings. The average Bonchev–Trinajstić information content (AvgIpc) is 2.86. The number of hydrogen-bond donors (Lipinski definition) is 2. The molecule has 1 aliphatic rings. The van der Waals surface area contributed by atoms with Gasteiger partial charge in [0, 0.05) is 37.6 Å². The van der Waals surface area contributed by atoms with Crippen LogP contribution < -0.4 is 20.5 Å². The van der Waals surface area contributed by atoms with Crippen LogP contribution in [0.3, 0.4) is 0 Å². The van der Waals surface area contributed by atoms with Crippen molar-refractivity contribution in [2.24, 2.45) is 13.0 Å². The number of rotatable bonds is 8. The highest BCUT2D eigenvalue weighted by Crippen LogP contribution is 2.29. The molecule has 35 heavy (non-hydrogen) atoms. The number of piperidine rings is 1. The molecule has 0 spiro atoms. The number of benzene rings is 1. The third kappa shape index (κ3) is 5.37. The van der Waals surface area contributed by atoms with Gasteiger partial charge in [0.15, 0.2) is 17.4 Å². The Morgan fingerprint density at radius 1 is 1.26 bits per heavy atom. The monoisotopic (exact) mass is 499 g/mol. The number of ketones is 1. The quantitative estimate of drug-likeness (QED) is 0.479. The van der Waals surface area contributed by atoms with Crippen LogP contribution in [0.2, 0.25) is 5.02 Å². The second kappa shape index (κ2) is 10.3. The number of ether oxygens (including phenoxy) is 1. The van der Waals surface area contributed by atoms with Gasteiger partial charge in [0.05, 0.1) is 17.6 Å². The topological polar surface area (TPSA) is 127 Å².